The highest BCUT2D eigenvalue weighted by Gasteiger charge is 2.13. The van der Waals surface area contributed by atoms with Crippen LogP contribution in [-0.2, 0) is 11.2 Å². The van der Waals surface area contributed by atoms with Crippen LogP contribution in [0, 0.1) is 0 Å². The van der Waals surface area contributed by atoms with Crippen molar-refractivity contribution in [3.63, 3.8) is 0 Å². The summed E-state index contributed by atoms with van der Waals surface area (Å²) in [5.41, 5.74) is 1.30. The molecular formula is C18H18N4O4. The highest BCUT2D eigenvalue weighted by molar-refractivity contribution is 5.92. The highest BCUT2D eigenvalue weighted by Crippen LogP contribution is 2.29. The summed E-state index contributed by atoms with van der Waals surface area (Å²) in [5, 5.41) is 6.71. The molecule has 8 heteroatoms. The summed E-state index contributed by atoms with van der Waals surface area (Å²) < 4.78 is 15.6. The first-order chi connectivity index (χ1) is 12.7. The van der Waals surface area contributed by atoms with Crippen LogP contribution in [0.25, 0.3) is 11.4 Å². The van der Waals surface area contributed by atoms with Gasteiger partial charge in [-0.3, -0.25) is 9.78 Å². The molecule has 2 heterocycles. The molecule has 0 aliphatic heterocycles. The molecule has 0 aliphatic rings. The van der Waals surface area contributed by atoms with Crippen molar-refractivity contribution < 1.29 is 18.8 Å². The van der Waals surface area contributed by atoms with Crippen LogP contribution in [-0.4, -0.2) is 35.3 Å². The van der Waals surface area contributed by atoms with Gasteiger partial charge in [-0.05, 0) is 24.3 Å². The largest absolute Gasteiger partial charge is 0.497 e. The number of pyridine rings is 1. The molecular weight excluding hydrogens is 336 g/mol. The molecule has 0 unspecified atom stereocenters. The zero-order valence-corrected chi connectivity index (χ0v) is 14.4. The minimum Gasteiger partial charge on any atom is -0.497 e. The quantitative estimate of drug-likeness (QED) is 0.696. The number of nitrogens with zero attached hydrogens (tertiary/aromatic N) is 3. The number of nitrogens with one attached hydrogen (secondary N) is 1. The van der Waals surface area contributed by atoms with E-state index in [4.69, 9.17) is 14.0 Å². The smallest absolute Gasteiger partial charge is 0.227 e. The van der Waals surface area contributed by atoms with Gasteiger partial charge in [0.15, 0.2) is 0 Å². The number of carbonyl (C=O) groups is 1. The van der Waals surface area contributed by atoms with Crippen LogP contribution in [0.4, 0.5) is 5.69 Å². The van der Waals surface area contributed by atoms with Crippen LogP contribution >= 0.6 is 0 Å². The number of hydrogen-bond acceptors (Lipinski definition) is 7. The predicted octanol–water partition coefficient (Wildman–Crippen LogP) is 2.72. The summed E-state index contributed by atoms with van der Waals surface area (Å²) in [6.07, 6.45) is 3.83. The van der Waals surface area contributed by atoms with E-state index in [0.717, 1.165) is 5.56 Å². The van der Waals surface area contributed by atoms with E-state index in [1.165, 1.54) is 7.11 Å². The predicted molar refractivity (Wildman–Crippen MR) is 94.0 cm³/mol. The van der Waals surface area contributed by atoms with Crippen molar-refractivity contribution in [1.82, 2.24) is 15.1 Å². The SMILES string of the molecule is COc1ccc(OC)c(NC(=O)CCc2nc(-c3cccnc3)no2)c1. The van der Waals surface area contributed by atoms with Gasteiger partial charge in [0.05, 0.1) is 19.9 Å². The third-order valence-corrected chi connectivity index (χ3v) is 3.63. The lowest BCUT2D eigenvalue weighted by Crippen LogP contribution is -2.13. The number of carbonyl (C=O) groups excluding carboxylic acids is 1. The Morgan fingerprint density at radius 1 is 1.23 bits per heavy atom. The molecule has 134 valence electrons. The first-order valence-corrected chi connectivity index (χ1v) is 7.94. The lowest BCUT2D eigenvalue weighted by molar-refractivity contribution is -0.116. The fraction of sp³-hybridized carbons (Fsp3) is 0.222. The third kappa shape index (κ3) is 4.15. The van der Waals surface area contributed by atoms with E-state index in [9.17, 15) is 4.79 Å². The number of amides is 1. The molecule has 1 aromatic carbocycles. The Kier molecular flexibility index (Phi) is 5.43. The maximum atomic E-state index is 12.2. The zero-order valence-electron chi connectivity index (χ0n) is 14.4. The van der Waals surface area contributed by atoms with E-state index >= 15 is 0 Å². The number of hydrogen-bond donors (Lipinski definition) is 1. The molecule has 0 saturated heterocycles. The minimum absolute atomic E-state index is 0.190. The van der Waals surface area contributed by atoms with Crippen molar-refractivity contribution in [1.29, 1.82) is 0 Å². The van der Waals surface area contributed by atoms with Crippen molar-refractivity contribution in [3.05, 3.63) is 48.6 Å². The number of aryl methyl sites for hydroxylation is 1. The summed E-state index contributed by atoms with van der Waals surface area (Å²) >= 11 is 0. The molecule has 26 heavy (non-hydrogen) atoms. The monoisotopic (exact) mass is 354 g/mol. The Bertz CT molecular complexity index is 880. The van der Waals surface area contributed by atoms with Gasteiger partial charge in [0.2, 0.25) is 17.6 Å². The molecule has 3 aromatic rings. The maximum absolute atomic E-state index is 12.2. The van der Waals surface area contributed by atoms with Gasteiger partial charge in [0.1, 0.15) is 11.5 Å². The van der Waals surface area contributed by atoms with E-state index < -0.39 is 0 Å². The molecule has 0 radical (unpaired) electrons. The fourth-order valence-corrected chi connectivity index (χ4v) is 2.31. The number of anilines is 1. The Hall–Kier alpha value is -3.42. The van der Waals surface area contributed by atoms with Gasteiger partial charge >= 0.3 is 0 Å². The average Bonchev–Trinajstić information content (AvgIpc) is 3.16. The Labute approximate surface area is 150 Å². The van der Waals surface area contributed by atoms with E-state index in [0.29, 0.717) is 35.3 Å². The number of rotatable bonds is 7. The van der Waals surface area contributed by atoms with E-state index in [1.807, 2.05) is 6.07 Å². The van der Waals surface area contributed by atoms with Gasteiger partial charge < -0.3 is 19.3 Å². The molecule has 0 saturated carbocycles. The lowest BCUT2D eigenvalue weighted by atomic mass is 10.2. The molecule has 8 nitrogen and oxygen atoms in total. The van der Waals surface area contributed by atoms with Crippen LogP contribution < -0.4 is 14.8 Å². The van der Waals surface area contributed by atoms with Gasteiger partial charge in [0.25, 0.3) is 0 Å². The first-order valence-electron chi connectivity index (χ1n) is 7.94. The Morgan fingerprint density at radius 2 is 2.12 bits per heavy atom. The first kappa shape index (κ1) is 17.4. The van der Waals surface area contributed by atoms with Gasteiger partial charge in [-0.25, -0.2) is 0 Å². The second kappa shape index (κ2) is 8.11. The van der Waals surface area contributed by atoms with Crippen LogP contribution in [0.15, 0.2) is 47.2 Å². The van der Waals surface area contributed by atoms with E-state index in [1.54, 1.807) is 43.8 Å². The van der Waals surface area contributed by atoms with Crippen LogP contribution in [0.3, 0.4) is 0 Å². The van der Waals surface area contributed by atoms with Gasteiger partial charge in [-0.2, -0.15) is 4.98 Å². The second-order valence-corrected chi connectivity index (χ2v) is 5.37. The molecule has 3 rings (SSSR count). The van der Waals surface area contributed by atoms with Gasteiger partial charge in [-0.15, -0.1) is 0 Å². The standard InChI is InChI=1S/C18H18N4O4/c1-24-13-5-6-15(25-2)14(10-13)20-16(23)7-8-17-21-18(22-26-17)12-4-3-9-19-11-12/h3-6,9-11H,7-8H2,1-2H3,(H,20,23). The van der Waals surface area contributed by atoms with Crippen molar-refractivity contribution in [3.8, 4) is 22.9 Å². The highest BCUT2D eigenvalue weighted by atomic mass is 16.5. The molecule has 0 bridgehead atoms. The topological polar surface area (TPSA) is 99.4 Å². The summed E-state index contributed by atoms with van der Waals surface area (Å²) in [4.78, 5) is 20.5. The van der Waals surface area contributed by atoms with Gasteiger partial charge in [-0.1, -0.05) is 5.16 Å². The molecule has 0 fully saturated rings. The fourth-order valence-electron chi connectivity index (χ4n) is 2.31. The summed E-state index contributed by atoms with van der Waals surface area (Å²) in [6.45, 7) is 0. The second-order valence-electron chi connectivity index (χ2n) is 5.37. The summed E-state index contributed by atoms with van der Waals surface area (Å²) in [6, 6.07) is 8.81. The van der Waals surface area contributed by atoms with Crippen LogP contribution in [0.2, 0.25) is 0 Å². The molecule has 0 atom stereocenters. The van der Waals surface area contributed by atoms with Crippen LogP contribution in [0.1, 0.15) is 12.3 Å². The normalized spacial score (nSPS) is 10.4. The van der Waals surface area contributed by atoms with Crippen molar-refractivity contribution in [2.45, 2.75) is 12.8 Å². The maximum Gasteiger partial charge on any atom is 0.227 e. The van der Waals surface area contributed by atoms with Crippen molar-refractivity contribution in [2.75, 3.05) is 19.5 Å². The number of methoxy groups -OCH3 is 2. The molecule has 2 aromatic heterocycles. The van der Waals surface area contributed by atoms with Crippen molar-refractivity contribution >= 4 is 11.6 Å². The summed E-state index contributed by atoms with van der Waals surface area (Å²) in [7, 11) is 3.10. The Morgan fingerprint density at radius 3 is 2.85 bits per heavy atom. The van der Waals surface area contributed by atoms with Gasteiger partial charge in [0, 0.05) is 36.9 Å². The zero-order chi connectivity index (χ0) is 18.4. The molecule has 1 N–H and O–H groups in total. The van der Waals surface area contributed by atoms with Crippen molar-refractivity contribution in [2.24, 2.45) is 0 Å². The average molecular weight is 354 g/mol. The third-order valence-electron chi connectivity index (χ3n) is 3.63. The lowest BCUT2D eigenvalue weighted by Gasteiger charge is -2.11. The molecule has 1 amide bonds. The summed E-state index contributed by atoms with van der Waals surface area (Å²) in [5.74, 6) is 1.81. The minimum atomic E-state index is -0.197. The number of aromatic nitrogens is 3. The number of ether oxygens (including phenoxy) is 2. The Balaban J connectivity index is 1.61. The van der Waals surface area contributed by atoms with Crippen LogP contribution in [0.5, 0.6) is 11.5 Å². The van der Waals surface area contributed by atoms with E-state index in [-0.39, 0.29) is 12.3 Å². The number of benzene rings is 1. The van der Waals surface area contributed by atoms with E-state index in [2.05, 4.69) is 20.4 Å². The molecule has 0 aliphatic carbocycles. The molecule has 0 spiro atoms.